The topological polar surface area (TPSA) is 47.9 Å². The first-order valence-corrected chi connectivity index (χ1v) is 9.16. The average molecular weight is 396 g/mol. The Hall–Kier alpha value is -2.69. The fraction of sp³-hybridized carbons (Fsp3) is 0.500. The number of likely N-dealkylation sites (N-methyl/N-ethyl adjacent to an activating group) is 2. The smallest absolute Gasteiger partial charge is 0.356 e. The van der Waals surface area contributed by atoms with Crippen molar-refractivity contribution < 1.29 is 18.0 Å². The zero-order valence-electron chi connectivity index (χ0n) is 16.7. The van der Waals surface area contributed by atoms with E-state index in [4.69, 9.17) is 0 Å². The number of alkyl halides is 3. The van der Waals surface area contributed by atoms with Crippen LogP contribution in [0.2, 0.25) is 0 Å². The van der Waals surface area contributed by atoms with E-state index < -0.39 is 11.7 Å². The molecule has 1 aromatic rings. The van der Waals surface area contributed by atoms with Crippen molar-refractivity contribution in [2.24, 2.45) is 4.99 Å². The number of guanidine groups is 1. The van der Waals surface area contributed by atoms with Crippen LogP contribution in [0.3, 0.4) is 0 Å². The standard InChI is InChI=1S/C20H27F3N4O/c1-5-24-19(26(4)15-18(28)27(6-2)7-3)25-13-9-11-16-10-8-12-17(14-16)20(21,22)23/h8,10,12,14H,5-7,13,15H2,1-4H3,(H,24,25). The molecule has 0 unspecified atom stereocenters. The SMILES string of the molecule is CCNC(=NCC#Cc1cccc(C(F)(F)F)c1)N(C)CC(=O)N(CC)CC. The van der Waals surface area contributed by atoms with Gasteiger partial charge < -0.3 is 15.1 Å². The van der Waals surface area contributed by atoms with Gasteiger partial charge in [-0.3, -0.25) is 4.79 Å². The summed E-state index contributed by atoms with van der Waals surface area (Å²) in [4.78, 5) is 20.0. The lowest BCUT2D eigenvalue weighted by molar-refractivity contribution is -0.137. The highest BCUT2D eigenvalue weighted by Crippen LogP contribution is 2.29. The molecule has 0 aliphatic heterocycles. The molecular weight excluding hydrogens is 369 g/mol. The Labute approximate surface area is 164 Å². The predicted octanol–water partition coefficient (Wildman–Crippen LogP) is 2.82. The van der Waals surface area contributed by atoms with Crippen molar-refractivity contribution in [2.75, 3.05) is 39.8 Å². The van der Waals surface area contributed by atoms with Crippen LogP contribution >= 0.6 is 0 Å². The normalized spacial score (nSPS) is 11.5. The number of hydrogen-bond acceptors (Lipinski definition) is 2. The zero-order chi connectivity index (χ0) is 21.2. The molecule has 1 aromatic carbocycles. The molecule has 28 heavy (non-hydrogen) atoms. The first kappa shape index (κ1) is 23.3. The summed E-state index contributed by atoms with van der Waals surface area (Å²) < 4.78 is 38.2. The summed E-state index contributed by atoms with van der Waals surface area (Å²) in [5.74, 6) is 5.96. The van der Waals surface area contributed by atoms with E-state index in [-0.39, 0.29) is 24.6 Å². The van der Waals surface area contributed by atoms with E-state index in [1.54, 1.807) is 16.8 Å². The number of benzene rings is 1. The molecule has 8 heteroatoms. The Bertz CT molecular complexity index is 731. The second kappa shape index (κ2) is 11.2. The van der Waals surface area contributed by atoms with Gasteiger partial charge in [0, 0.05) is 32.2 Å². The van der Waals surface area contributed by atoms with E-state index in [9.17, 15) is 18.0 Å². The number of hydrogen-bond donors (Lipinski definition) is 1. The molecule has 0 aliphatic rings. The average Bonchev–Trinajstić information content (AvgIpc) is 2.64. The van der Waals surface area contributed by atoms with E-state index >= 15 is 0 Å². The summed E-state index contributed by atoms with van der Waals surface area (Å²) in [5, 5.41) is 3.08. The van der Waals surface area contributed by atoms with E-state index in [1.807, 2.05) is 20.8 Å². The van der Waals surface area contributed by atoms with E-state index in [2.05, 4.69) is 22.2 Å². The van der Waals surface area contributed by atoms with Crippen LogP contribution in [0.5, 0.6) is 0 Å². The number of aliphatic imine (C=N–C) groups is 1. The number of amides is 1. The van der Waals surface area contributed by atoms with E-state index in [0.29, 0.717) is 25.6 Å². The number of rotatable bonds is 6. The van der Waals surface area contributed by atoms with Crippen molar-refractivity contribution in [3.05, 3.63) is 35.4 Å². The lowest BCUT2D eigenvalue weighted by Crippen LogP contribution is -2.45. The van der Waals surface area contributed by atoms with E-state index in [0.717, 1.165) is 12.1 Å². The van der Waals surface area contributed by atoms with Crippen molar-refractivity contribution in [1.29, 1.82) is 0 Å². The number of nitrogens with one attached hydrogen (secondary N) is 1. The highest BCUT2D eigenvalue weighted by atomic mass is 19.4. The zero-order valence-corrected chi connectivity index (χ0v) is 16.7. The summed E-state index contributed by atoms with van der Waals surface area (Å²) in [5.41, 5.74) is -0.453. The van der Waals surface area contributed by atoms with Gasteiger partial charge >= 0.3 is 6.18 Å². The molecule has 0 aliphatic carbocycles. The largest absolute Gasteiger partial charge is 0.416 e. The fourth-order valence-electron chi connectivity index (χ4n) is 2.45. The molecule has 0 saturated carbocycles. The molecular formula is C20H27F3N4O. The molecule has 0 aromatic heterocycles. The highest BCUT2D eigenvalue weighted by molar-refractivity contribution is 5.86. The molecule has 0 saturated heterocycles. The molecule has 0 fully saturated rings. The third-order valence-electron chi connectivity index (χ3n) is 3.92. The fourth-order valence-corrected chi connectivity index (χ4v) is 2.45. The third kappa shape index (κ3) is 7.51. The lowest BCUT2D eigenvalue weighted by atomic mass is 10.1. The van der Waals surface area contributed by atoms with Gasteiger partial charge in [-0.1, -0.05) is 17.9 Å². The van der Waals surface area contributed by atoms with Gasteiger partial charge in [0.15, 0.2) is 5.96 Å². The van der Waals surface area contributed by atoms with Gasteiger partial charge in [-0.25, -0.2) is 4.99 Å². The second-order valence-electron chi connectivity index (χ2n) is 5.97. The third-order valence-corrected chi connectivity index (χ3v) is 3.92. The maximum atomic E-state index is 12.7. The van der Waals surface area contributed by atoms with Crippen LogP contribution in [0.25, 0.3) is 0 Å². The molecule has 1 amide bonds. The van der Waals surface area contributed by atoms with Crippen LogP contribution < -0.4 is 5.32 Å². The van der Waals surface area contributed by atoms with Crippen molar-refractivity contribution in [3.8, 4) is 11.8 Å². The first-order chi connectivity index (χ1) is 13.2. The van der Waals surface area contributed by atoms with Crippen LogP contribution in [-0.4, -0.2) is 61.4 Å². The molecule has 1 rings (SSSR count). The number of nitrogens with zero attached hydrogens (tertiary/aromatic N) is 3. The summed E-state index contributed by atoms with van der Waals surface area (Å²) in [6.07, 6.45) is -4.39. The van der Waals surface area contributed by atoms with Gasteiger partial charge in [-0.15, -0.1) is 0 Å². The Morgan fingerprint density at radius 2 is 1.89 bits per heavy atom. The molecule has 0 bridgehead atoms. The Kier molecular flexibility index (Phi) is 9.36. The molecule has 0 atom stereocenters. The summed E-state index contributed by atoms with van der Waals surface area (Å²) in [6.45, 7) is 7.91. The van der Waals surface area contributed by atoms with Crippen LogP contribution in [0, 0.1) is 11.8 Å². The number of halogens is 3. The van der Waals surface area contributed by atoms with Crippen LogP contribution in [0.1, 0.15) is 31.9 Å². The predicted molar refractivity (Wildman–Crippen MR) is 105 cm³/mol. The van der Waals surface area contributed by atoms with Gasteiger partial charge in [0.25, 0.3) is 0 Å². The first-order valence-electron chi connectivity index (χ1n) is 9.16. The van der Waals surface area contributed by atoms with Gasteiger partial charge in [0.2, 0.25) is 5.91 Å². The number of carbonyl (C=O) groups is 1. The lowest BCUT2D eigenvalue weighted by Gasteiger charge is -2.25. The number of carbonyl (C=O) groups excluding carboxylic acids is 1. The maximum Gasteiger partial charge on any atom is 0.416 e. The Balaban J connectivity index is 2.81. The van der Waals surface area contributed by atoms with E-state index in [1.165, 1.54) is 12.1 Å². The van der Waals surface area contributed by atoms with Gasteiger partial charge in [0.05, 0.1) is 12.1 Å². The Morgan fingerprint density at radius 3 is 2.46 bits per heavy atom. The van der Waals surface area contributed by atoms with Crippen molar-refractivity contribution in [1.82, 2.24) is 15.1 Å². The maximum absolute atomic E-state index is 12.7. The summed E-state index contributed by atoms with van der Waals surface area (Å²) >= 11 is 0. The van der Waals surface area contributed by atoms with Gasteiger partial charge in [0.1, 0.15) is 6.54 Å². The van der Waals surface area contributed by atoms with Crippen molar-refractivity contribution in [3.63, 3.8) is 0 Å². The van der Waals surface area contributed by atoms with Crippen LogP contribution in [0.4, 0.5) is 13.2 Å². The van der Waals surface area contributed by atoms with Crippen molar-refractivity contribution >= 4 is 11.9 Å². The minimum absolute atomic E-state index is 0.00634. The quantitative estimate of drug-likeness (QED) is 0.457. The highest BCUT2D eigenvalue weighted by Gasteiger charge is 2.30. The van der Waals surface area contributed by atoms with Crippen LogP contribution in [0.15, 0.2) is 29.3 Å². The van der Waals surface area contributed by atoms with Crippen LogP contribution in [-0.2, 0) is 11.0 Å². The minimum atomic E-state index is -4.39. The Morgan fingerprint density at radius 1 is 1.21 bits per heavy atom. The summed E-state index contributed by atoms with van der Waals surface area (Å²) in [6, 6.07) is 4.87. The molecule has 0 spiro atoms. The molecule has 1 N–H and O–H groups in total. The molecule has 0 radical (unpaired) electrons. The monoisotopic (exact) mass is 396 g/mol. The molecule has 0 heterocycles. The minimum Gasteiger partial charge on any atom is -0.356 e. The van der Waals surface area contributed by atoms with Gasteiger partial charge in [-0.2, -0.15) is 13.2 Å². The molecule has 5 nitrogen and oxygen atoms in total. The van der Waals surface area contributed by atoms with Gasteiger partial charge in [-0.05, 0) is 39.0 Å². The molecule has 154 valence electrons. The second-order valence-corrected chi connectivity index (χ2v) is 5.97. The van der Waals surface area contributed by atoms with Crippen molar-refractivity contribution in [2.45, 2.75) is 26.9 Å². The summed E-state index contributed by atoms with van der Waals surface area (Å²) in [7, 11) is 1.75.